The lowest BCUT2D eigenvalue weighted by Gasteiger charge is -2.22. The second-order valence-electron chi connectivity index (χ2n) is 3.90. The minimum absolute atomic E-state index is 0.199. The van der Waals surface area contributed by atoms with Crippen molar-refractivity contribution in [3.8, 4) is 0 Å². The smallest absolute Gasteiger partial charge is 0.146 e. The molecule has 96 valence electrons. The van der Waals surface area contributed by atoms with Crippen LogP contribution in [0.2, 0.25) is 0 Å². The van der Waals surface area contributed by atoms with Crippen LogP contribution >= 0.6 is 0 Å². The van der Waals surface area contributed by atoms with Crippen molar-refractivity contribution in [2.45, 2.75) is 13.3 Å². The van der Waals surface area contributed by atoms with Crippen molar-refractivity contribution < 1.29 is 9.13 Å². The summed E-state index contributed by atoms with van der Waals surface area (Å²) in [5.41, 5.74) is 7.12. The zero-order valence-electron chi connectivity index (χ0n) is 10.6. The van der Waals surface area contributed by atoms with Crippen LogP contribution in [-0.4, -0.2) is 33.4 Å². The first kappa shape index (κ1) is 13.9. The number of ether oxygens (including phenoxy) is 1. The van der Waals surface area contributed by atoms with Gasteiger partial charge in [-0.25, -0.2) is 4.39 Å². The van der Waals surface area contributed by atoms with Gasteiger partial charge in [-0.3, -0.25) is 0 Å². The normalized spacial score (nSPS) is 10.6. The largest absolute Gasteiger partial charge is 0.380 e. The lowest BCUT2D eigenvalue weighted by molar-refractivity contribution is 0.154. The molecule has 1 rings (SSSR count). The molecule has 0 saturated heterocycles. The van der Waals surface area contributed by atoms with Gasteiger partial charge in [0.05, 0.1) is 12.3 Å². The van der Waals surface area contributed by atoms with Crippen LogP contribution in [0.4, 0.5) is 10.1 Å². The maximum absolute atomic E-state index is 13.8. The third-order valence-electron chi connectivity index (χ3n) is 2.64. The van der Waals surface area contributed by atoms with Gasteiger partial charge < -0.3 is 15.4 Å². The molecule has 0 spiro atoms. The third kappa shape index (κ3) is 3.98. The summed E-state index contributed by atoms with van der Waals surface area (Å²) in [6.45, 7) is 4.43. The van der Waals surface area contributed by atoms with Crippen LogP contribution in [0.15, 0.2) is 18.2 Å². The molecule has 4 heteroatoms. The van der Waals surface area contributed by atoms with Crippen molar-refractivity contribution in [2.24, 2.45) is 5.73 Å². The van der Waals surface area contributed by atoms with Crippen molar-refractivity contribution in [1.82, 2.24) is 0 Å². The van der Waals surface area contributed by atoms with Crippen LogP contribution < -0.4 is 10.6 Å². The Hall–Kier alpha value is -1.13. The van der Waals surface area contributed by atoms with Gasteiger partial charge in [-0.1, -0.05) is 12.1 Å². The van der Waals surface area contributed by atoms with E-state index in [0.717, 1.165) is 5.56 Å². The number of halogens is 1. The van der Waals surface area contributed by atoms with Crippen molar-refractivity contribution in [3.05, 3.63) is 29.6 Å². The average molecular weight is 240 g/mol. The molecule has 17 heavy (non-hydrogen) atoms. The summed E-state index contributed by atoms with van der Waals surface area (Å²) in [5, 5.41) is 0. The Morgan fingerprint density at radius 2 is 2.18 bits per heavy atom. The fourth-order valence-electron chi connectivity index (χ4n) is 1.80. The van der Waals surface area contributed by atoms with Crippen LogP contribution in [-0.2, 0) is 11.2 Å². The monoisotopic (exact) mass is 240 g/mol. The summed E-state index contributed by atoms with van der Waals surface area (Å²) >= 11 is 0. The van der Waals surface area contributed by atoms with Gasteiger partial charge in [0.25, 0.3) is 0 Å². The van der Waals surface area contributed by atoms with Gasteiger partial charge in [0.15, 0.2) is 0 Å². The number of benzene rings is 1. The minimum atomic E-state index is -0.199. The highest BCUT2D eigenvalue weighted by atomic mass is 19.1. The fraction of sp³-hybridized carbons (Fsp3) is 0.538. The molecule has 0 aromatic heterocycles. The highest BCUT2D eigenvalue weighted by Crippen LogP contribution is 2.23. The molecule has 0 unspecified atom stereocenters. The van der Waals surface area contributed by atoms with Crippen LogP contribution in [0, 0.1) is 5.82 Å². The van der Waals surface area contributed by atoms with Gasteiger partial charge in [0.1, 0.15) is 5.82 Å². The number of para-hydroxylation sites is 1. The van der Waals surface area contributed by atoms with Gasteiger partial charge in [0, 0.05) is 20.2 Å². The summed E-state index contributed by atoms with van der Waals surface area (Å²) in [4.78, 5) is 1.88. The highest BCUT2D eigenvalue weighted by Gasteiger charge is 2.12. The van der Waals surface area contributed by atoms with E-state index < -0.39 is 0 Å². The Morgan fingerprint density at radius 1 is 1.41 bits per heavy atom. The van der Waals surface area contributed by atoms with E-state index in [0.29, 0.717) is 38.4 Å². The fourth-order valence-corrected chi connectivity index (χ4v) is 1.80. The van der Waals surface area contributed by atoms with Crippen LogP contribution in [0.5, 0.6) is 0 Å². The molecule has 0 aliphatic heterocycles. The number of rotatable bonds is 7. The van der Waals surface area contributed by atoms with E-state index in [1.54, 1.807) is 6.07 Å². The average Bonchev–Trinajstić information content (AvgIpc) is 2.30. The first-order valence-corrected chi connectivity index (χ1v) is 5.97. The number of nitrogens with zero attached hydrogens (tertiary/aromatic N) is 1. The Balaban J connectivity index is 2.78. The molecule has 0 radical (unpaired) electrons. The lowest BCUT2D eigenvalue weighted by atomic mass is 10.1. The summed E-state index contributed by atoms with van der Waals surface area (Å²) in [6, 6.07) is 5.12. The third-order valence-corrected chi connectivity index (χ3v) is 2.64. The summed E-state index contributed by atoms with van der Waals surface area (Å²) < 4.78 is 19.1. The van der Waals surface area contributed by atoms with Gasteiger partial charge in [-0.2, -0.15) is 0 Å². The molecule has 1 aromatic rings. The van der Waals surface area contributed by atoms with Crippen LogP contribution in [0.25, 0.3) is 0 Å². The number of hydrogen-bond acceptors (Lipinski definition) is 3. The van der Waals surface area contributed by atoms with Gasteiger partial charge >= 0.3 is 0 Å². The van der Waals surface area contributed by atoms with Gasteiger partial charge in [-0.05, 0) is 31.5 Å². The molecular weight excluding hydrogens is 219 g/mol. The molecule has 2 N–H and O–H groups in total. The van der Waals surface area contributed by atoms with E-state index in [-0.39, 0.29) is 5.82 Å². The maximum Gasteiger partial charge on any atom is 0.146 e. The minimum Gasteiger partial charge on any atom is -0.380 e. The van der Waals surface area contributed by atoms with E-state index >= 15 is 0 Å². The summed E-state index contributed by atoms with van der Waals surface area (Å²) in [5.74, 6) is -0.199. The molecule has 1 aromatic carbocycles. The zero-order valence-corrected chi connectivity index (χ0v) is 10.6. The molecule has 0 aliphatic carbocycles. The standard InChI is InChI=1S/C13H21FN2O/c1-3-17-10-9-16(2)13-11(7-8-15)5-4-6-12(13)14/h4-6H,3,7-10,15H2,1-2H3. The van der Waals surface area contributed by atoms with E-state index in [1.165, 1.54) is 6.07 Å². The topological polar surface area (TPSA) is 38.5 Å². The predicted molar refractivity (Wildman–Crippen MR) is 68.9 cm³/mol. The molecule has 0 heterocycles. The molecule has 0 bridgehead atoms. The molecule has 0 aliphatic rings. The van der Waals surface area contributed by atoms with Crippen LogP contribution in [0.1, 0.15) is 12.5 Å². The van der Waals surface area contributed by atoms with Crippen molar-refractivity contribution in [2.75, 3.05) is 38.3 Å². The van der Waals surface area contributed by atoms with E-state index in [4.69, 9.17) is 10.5 Å². The van der Waals surface area contributed by atoms with Crippen molar-refractivity contribution >= 4 is 5.69 Å². The molecule has 0 amide bonds. The SMILES string of the molecule is CCOCCN(C)c1c(F)cccc1CCN. The molecule has 3 nitrogen and oxygen atoms in total. The van der Waals surface area contributed by atoms with Crippen LogP contribution in [0.3, 0.4) is 0 Å². The number of nitrogens with two attached hydrogens (primary N) is 1. The number of likely N-dealkylation sites (N-methyl/N-ethyl adjacent to an activating group) is 1. The first-order valence-electron chi connectivity index (χ1n) is 5.97. The second-order valence-corrected chi connectivity index (χ2v) is 3.90. The van der Waals surface area contributed by atoms with E-state index in [2.05, 4.69) is 0 Å². The van der Waals surface area contributed by atoms with E-state index in [9.17, 15) is 4.39 Å². The maximum atomic E-state index is 13.8. The van der Waals surface area contributed by atoms with E-state index in [1.807, 2.05) is 24.9 Å². The Kier molecular flexibility index (Phi) is 5.94. The molecular formula is C13H21FN2O. The summed E-state index contributed by atoms with van der Waals surface area (Å²) in [6.07, 6.45) is 0.687. The first-order chi connectivity index (χ1) is 8.20. The molecule has 0 atom stereocenters. The Labute approximate surface area is 102 Å². The molecule has 0 fully saturated rings. The number of hydrogen-bond donors (Lipinski definition) is 1. The highest BCUT2D eigenvalue weighted by molar-refractivity contribution is 5.54. The Bertz CT molecular complexity index is 344. The number of anilines is 1. The van der Waals surface area contributed by atoms with Crippen molar-refractivity contribution in [3.63, 3.8) is 0 Å². The van der Waals surface area contributed by atoms with Gasteiger partial charge in [-0.15, -0.1) is 0 Å². The zero-order chi connectivity index (χ0) is 12.7. The van der Waals surface area contributed by atoms with Gasteiger partial charge in [0.2, 0.25) is 0 Å². The lowest BCUT2D eigenvalue weighted by Crippen LogP contribution is -2.25. The second kappa shape index (κ2) is 7.25. The Morgan fingerprint density at radius 3 is 2.82 bits per heavy atom. The van der Waals surface area contributed by atoms with Crippen molar-refractivity contribution in [1.29, 1.82) is 0 Å². The predicted octanol–water partition coefficient (Wildman–Crippen LogP) is 1.80. The molecule has 0 saturated carbocycles. The quantitative estimate of drug-likeness (QED) is 0.739. The summed E-state index contributed by atoms with van der Waals surface area (Å²) in [7, 11) is 1.87.